The van der Waals surface area contributed by atoms with Gasteiger partial charge < -0.3 is 10.1 Å². The first kappa shape index (κ1) is 17.0. The fourth-order valence-electron chi connectivity index (χ4n) is 2.97. The second-order valence-electron chi connectivity index (χ2n) is 6.05. The lowest BCUT2D eigenvalue weighted by Crippen LogP contribution is -2.60. The van der Waals surface area contributed by atoms with Crippen molar-refractivity contribution < 1.29 is 4.74 Å². The van der Waals surface area contributed by atoms with Crippen molar-refractivity contribution in [3.63, 3.8) is 0 Å². The third-order valence-electron chi connectivity index (χ3n) is 4.45. The van der Waals surface area contributed by atoms with Crippen molar-refractivity contribution in [1.29, 1.82) is 0 Å². The summed E-state index contributed by atoms with van der Waals surface area (Å²) in [7, 11) is 2.02. The maximum absolute atomic E-state index is 6.12. The van der Waals surface area contributed by atoms with Crippen LogP contribution in [0, 0.1) is 0 Å². The Morgan fingerprint density at radius 2 is 1.90 bits per heavy atom. The van der Waals surface area contributed by atoms with Crippen LogP contribution in [0.15, 0.2) is 18.2 Å². The summed E-state index contributed by atoms with van der Waals surface area (Å²) in [4.78, 5) is 2.50. The maximum atomic E-state index is 6.12. The number of nitrogens with one attached hydrogen (secondary N) is 1. The normalized spacial score (nSPS) is 18.7. The molecule has 1 aliphatic rings. The molecule has 0 aliphatic carbocycles. The summed E-state index contributed by atoms with van der Waals surface area (Å²) >= 11 is 12.1. The number of hydrogen-bond donors (Lipinski definition) is 1. The van der Waals surface area contributed by atoms with E-state index in [2.05, 4.69) is 24.1 Å². The molecule has 0 saturated carbocycles. The van der Waals surface area contributed by atoms with E-state index in [0.717, 1.165) is 32.7 Å². The van der Waals surface area contributed by atoms with E-state index in [1.165, 1.54) is 5.56 Å². The number of ether oxygens (including phenoxy) is 1. The Bertz CT molecular complexity index is 473. The van der Waals surface area contributed by atoms with Gasteiger partial charge >= 0.3 is 0 Å². The molecule has 0 spiro atoms. The Balaban J connectivity index is 2.12. The summed E-state index contributed by atoms with van der Waals surface area (Å²) in [5.41, 5.74) is 1.25. The summed E-state index contributed by atoms with van der Waals surface area (Å²) in [5, 5.41) is 4.69. The molecule has 3 nitrogen and oxygen atoms in total. The minimum Gasteiger partial charge on any atom is -0.379 e. The zero-order valence-corrected chi connectivity index (χ0v) is 14.5. The summed E-state index contributed by atoms with van der Waals surface area (Å²) < 4.78 is 5.46. The first-order valence-electron chi connectivity index (χ1n) is 7.39. The van der Waals surface area contributed by atoms with Crippen molar-refractivity contribution >= 4 is 23.2 Å². The lowest BCUT2D eigenvalue weighted by Gasteiger charge is -2.46. The SMILES string of the molecule is CNC(Cc1ccc(Cl)c(Cl)c1)C(C)(C)N1CCOCC1. The average Bonchev–Trinajstić information content (AvgIpc) is 2.49. The third kappa shape index (κ3) is 4.11. The molecule has 1 fully saturated rings. The van der Waals surface area contributed by atoms with Crippen molar-refractivity contribution in [1.82, 2.24) is 10.2 Å². The zero-order valence-electron chi connectivity index (χ0n) is 13.0. The smallest absolute Gasteiger partial charge is 0.0595 e. The van der Waals surface area contributed by atoms with Crippen molar-refractivity contribution in [2.75, 3.05) is 33.4 Å². The molecule has 1 unspecified atom stereocenters. The van der Waals surface area contributed by atoms with E-state index in [0.29, 0.717) is 16.1 Å². The largest absolute Gasteiger partial charge is 0.379 e. The topological polar surface area (TPSA) is 24.5 Å². The maximum Gasteiger partial charge on any atom is 0.0595 e. The molecule has 21 heavy (non-hydrogen) atoms. The molecule has 5 heteroatoms. The molecule has 1 aliphatic heterocycles. The number of hydrogen-bond acceptors (Lipinski definition) is 3. The number of rotatable bonds is 5. The van der Waals surface area contributed by atoms with E-state index in [1.54, 1.807) is 0 Å². The van der Waals surface area contributed by atoms with E-state index in [1.807, 2.05) is 25.2 Å². The predicted molar refractivity (Wildman–Crippen MR) is 89.5 cm³/mol. The van der Waals surface area contributed by atoms with Gasteiger partial charge in [-0.05, 0) is 45.0 Å². The molecular formula is C16H24Cl2N2O. The third-order valence-corrected chi connectivity index (χ3v) is 5.19. The minimum absolute atomic E-state index is 0.0463. The molecule has 1 N–H and O–H groups in total. The molecule has 1 heterocycles. The Kier molecular flexibility index (Phi) is 5.92. The van der Waals surface area contributed by atoms with Crippen LogP contribution in [0.3, 0.4) is 0 Å². The van der Waals surface area contributed by atoms with Crippen molar-refractivity contribution in [2.24, 2.45) is 0 Å². The monoisotopic (exact) mass is 330 g/mol. The van der Waals surface area contributed by atoms with Gasteiger partial charge in [-0.3, -0.25) is 4.90 Å². The van der Waals surface area contributed by atoms with Crippen molar-refractivity contribution in [2.45, 2.75) is 31.8 Å². The van der Waals surface area contributed by atoms with Gasteiger partial charge in [-0.15, -0.1) is 0 Å². The van der Waals surface area contributed by atoms with Gasteiger partial charge in [0.1, 0.15) is 0 Å². The van der Waals surface area contributed by atoms with E-state index in [4.69, 9.17) is 27.9 Å². The highest BCUT2D eigenvalue weighted by molar-refractivity contribution is 6.42. The Morgan fingerprint density at radius 1 is 1.24 bits per heavy atom. The zero-order chi connectivity index (χ0) is 15.5. The van der Waals surface area contributed by atoms with Gasteiger partial charge in [0.05, 0.1) is 23.3 Å². The average molecular weight is 331 g/mol. The van der Waals surface area contributed by atoms with E-state index >= 15 is 0 Å². The fourth-order valence-corrected chi connectivity index (χ4v) is 3.29. The number of nitrogens with zero attached hydrogens (tertiary/aromatic N) is 1. The second kappa shape index (κ2) is 7.30. The van der Waals surface area contributed by atoms with E-state index in [9.17, 15) is 0 Å². The quantitative estimate of drug-likeness (QED) is 0.896. The number of morpholine rings is 1. The molecule has 1 saturated heterocycles. The number of likely N-dealkylation sites (N-methyl/N-ethyl adjacent to an activating group) is 1. The minimum atomic E-state index is 0.0463. The summed E-state index contributed by atoms with van der Waals surface area (Å²) in [6.45, 7) is 8.16. The van der Waals surface area contributed by atoms with Gasteiger partial charge in [0.2, 0.25) is 0 Å². The van der Waals surface area contributed by atoms with Gasteiger partial charge in [-0.25, -0.2) is 0 Å². The molecule has 0 aromatic heterocycles. The molecule has 0 bridgehead atoms. The molecule has 1 atom stereocenters. The lowest BCUT2D eigenvalue weighted by atomic mass is 9.87. The standard InChI is InChI=1S/C16H24Cl2N2O/c1-16(2,20-6-8-21-9-7-20)15(19-3)11-12-4-5-13(17)14(18)10-12/h4-5,10,15,19H,6-9,11H2,1-3H3. The Morgan fingerprint density at radius 3 is 2.48 bits per heavy atom. The molecule has 2 rings (SSSR count). The van der Waals surface area contributed by atoms with E-state index < -0.39 is 0 Å². The fraction of sp³-hybridized carbons (Fsp3) is 0.625. The van der Waals surface area contributed by atoms with Crippen LogP contribution in [0.4, 0.5) is 0 Å². The molecular weight excluding hydrogens is 307 g/mol. The Labute approximate surface area is 137 Å². The van der Waals surface area contributed by atoms with Gasteiger partial charge in [-0.2, -0.15) is 0 Å². The number of benzene rings is 1. The summed E-state index contributed by atoms with van der Waals surface area (Å²) in [6, 6.07) is 6.21. The highest BCUT2D eigenvalue weighted by atomic mass is 35.5. The van der Waals surface area contributed by atoms with Crippen LogP contribution in [-0.2, 0) is 11.2 Å². The second-order valence-corrected chi connectivity index (χ2v) is 6.86. The van der Waals surface area contributed by atoms with Gasteiger partial charge in [0, 0.05) is 24.7 Å². The predicted octanol–water partition coefficient (Wildman–Crippen LogP) is 3.23. The first-order valence-corrected chi connectivity index (χ1v) is 8.14. The van der Waals surface area contributed by atoms with Crippen LogP contribution in [0.25, 0.3) is 0 Å². The number of halogens is 2. The van der Waals surface area contributed by atoms with Gasteiger partial charge in [0.25, 0.3) is 0 Å². The van der Waals surface area contributed by atoms with Crippen LogP contribution in [-0.4, -0.2) is 49.8 Å². The van der Waals surface area contributed by atoms with Crippen LogP contribution in [0.1, 0.15) is 19.4 Å². The van der Waals surface area contributed by atoms with Gasteiger partial charge in [-0.1, -0.05) is 29.3 Å². The van der Waals surface area contributed by atoms with Crippen LogP contribution < -0.4 is 5.32 Å². The van der Waals surface area contributed by atoms with Crippen molar-refractivity contribution in [3.05, 3.63) is 33.8 Å². The Hall–Kier alpha value is -0.320. The molecule has 118 valence electrons. The van der Waals surface area contributed by atoms with Crippen LogP contribution in [0.5, 0.6) is 0 Å². The highest BCUT2D eigenvalue weighted by Gasteiger charge is 2.35. The van der Waals surface area contributed by atoms with Crippen molar-refractivity contribution in [3.8, 4) is 0 Å². The highest BCUT2D eigenvalue weighted by Crippen LogP contribution is 2.27. The first-order chi connectivity index (χ1) is 9.95. The van der Waals surface area contributed by atoms with Gasteiger partial charge in [0.15, 0.2) is 0 Å². The molecule has 0 amide bonds. The molecule has 1 aromatic rings. The molecule has 0 radical (unpaired) electrons. The summed E-state index contributed by atoms with van der Waals surface area (Å²) in [6.07, 6.45) is 0.914. The lowest BCUT2D eigenvalue weighted by molar-refractivity contribution is -0.0223. The summed E-state index contributed by atoms with van der Waals surface area (Å²) in [5.74, 6) is 0. The van der Waals surface area contributed by atoms with E-state index in [-0.39, 0.29) is 5.54 Å². The van der Waals surface area contributed by atoms with Crippen LogP contribution in [0.2, 0.25) is 10.0 Å². The molecule has 1 aromatic carbocycles. The van der Waals surface area contributed by atoms with Crippen LogP contribution >= 0.6 is 23.2 Å².